The van der Waals surface area contributed by atoms with Crippen LogP contribution in [0.15, 0.2) is 6.07 Å². The molecule has 0 aliphatic rings. The van der Waals surface area contributed by atoms with Crippen LogP contribution in [0, 0.1) is 6.92 Å². The number of aromatic nitrogens is 2. The molecule has 0 spiro atoms. The monoisotopic (exact) mass is 221 g/mol. The maximum Gasteiger partial charge on any atom is 0.128 e. The predicted octanol–water partition coefficient (Wildman–Crippen LogP) is 2.36. The van der Waals surface area contributed by atoms with Crippen molar-refractivity contribution in [3.8, 4) is 0 Å². The maximum absolute atomic E-state index is 5.75. The van der Waals surface area contributed by atoms with Crippen molar-refractivity contribution in [3.05, 3.63) is 23.3 Å². The summed E-state index contributed by atoms with van der Waals surface area (Å²) in [6.45, 7) is 10.5. The van der Waals surface area contributed by atoms with E-state index < -0.39 is 0 Å². The minimum Gasteiger partial charge on any atom is -0.328 e. The van der Waals surface area contributed by atoms with E-state index in [2.05, 4.69) is 36.8 Å². The van der Waals surface area contributed by atoms with Gasteiger partial charge in [-0.05, 0) is 26.3 Å². The van der Waals surface area contributed by atoms with Crippen LogP contribution in [0.1, 0.15) is 51.3 Å². The third-order valence-corrected chi connectivity index (χ3v) is 2.49. The number of nitrogens with zero attached hydrogens (tertiary/aromatic N) is 2. The number of rotatable bonds is 3. The summed E-state index contributed by atoms with van der Waals surface area (Å²) in [6.07, 6.45) is 1.80. The van der Waals surface area contributed by atoms with Crippen molar-refractivity contribution < 1.29 is 0 Å². The lowest BCUT2D eigenvalue weighted by Gasteiger charge is -2.19. The largest absolute Gasteiger partial charge is 0.328 e. The fraction of sp³-hybridized carbons (Fsp3) is 0.692. The molecule has 1 aromatic heterocycles. The molecule has 1 unspecified atom stereocenters. The fourth-order valence-corrected chi connectivity index (χ4v) is 1.48. The van der Waals surface area contributed by atoms with Crippen LogP contribution >= 0.6 is 0 Å². The van der Waals surface area contributed by atoms with Gasteiger partial charge in [0.05, 0.1) is 0 Å². The maximum atomic E-state index is 5.75. The Hall–Kier alpha value is -0.960. The zero-order valence-electron chi connectivity index (χ0n) is 11.0. The second kappa shape index (κ2) is 4.91. The molecule has 0 bridgehead atoms. The third-order valence-electron chi connectivity index (χ3n) is 2.49. The molecule has 1 aromatic rings. The average molecular weight is 221 g/mol. The quantitative estimate of drug-likeness (QED) is 0.852. The van der Waals surface area contributed by atoms with E-state index in [9.17, 15) is 0 Å². The Balaban J connectivity index is 2.90. The summed E-state index contributed by atoms with van der Waals surface area (Å²) in [5.41, 5.74) is 7.98. The van der Waals surface area contributed by atoms with Crippen LogP contribution in [0.2, 0.25) is 0 Å². The van der Waals surface area contributed by atoms with Crippen LogP contribution in [0.5, 0.6) is 0 Å². The first-order valence-electron chi connectivity index (χ1n) is 5.89. The molecule has 2 N–H and O–H groups in total. The molecular weight excluding hydrogens is 198 g/mol. The van der Waals surface area contributed by atoms with Gasteiger partial charge in [-0.25, -0.2) is 9.97 Å². The van der Waals surface area contributed by atoms with E-state index in [4.69, 9.17) is 5.73 Å². The molecule has 0 saturated carbocycles. The highest BCUT2D eigenvalue weighted by Gasteiger charge is 2.17. The molecule has 0 amide bonds. The predicted molar refractivity (Wildman–Crippen MR) is 67.4 cm³/mol. The van der Waals surface area contributed by atoms with Gasteiger partial charge in [0.15, 0.2) is 0 Å². The Morgan fingerprint density at radius 3 is 2.44 bits per heavy atom. The third kappa shape index (κ3) is 3.89. The number of aryl methyl sites for hydroxylation is 2. The first kappa shape index (κ1) is 13.1. The van der Waals surface area contributed by atoms with Crippen LogP contribution in [-0.4, -0.2) is 16.0 Å². The van der Waals surface area contributed by atoms with Crippen molar-refractivity contribution in [1.29, 1.82) is 0 Å². The highest BCUT2D eigenvalue weighted by atomic mass is 14.9. The van der Waals surface area contributed by atoms with E-state index in [0.29, 0.717) is 0 Å². The zero-order valence-corrected chi connectivity index (χ0v) is 11.0. The summed E-state index contributed by atoms with van der Waals surface area (Å²) >= 11 is 0. The van der Waals surface area contributed by atoms with Gasteiger partial charge in [0.2, 0.25) is 0 Å². The number of hydrogen-bond acceptors (Lipinski definition) is 3. The van der Waals surface area contributed by atoms with Crippen molar-refractivity contribution in [2.45, 2.75) is 58.9 Å². The molecule has 0 fully saturated rings. The van der Waals surface area contributed by atoms with Crippen LogP contribution in [0.4, 0.5) is 0 Å². The van der Waals surface area contributed by atoms with E-state index in [1.807, 2.05) is 13.8 Å². The van der Waals surface area contributed by atoms with E-state index in [0.717, 1.165) is 30.1 Å². The van der Waals surface area contributed by atoms with Gasteiger partial charge in [-0.15, -0.1) is 0 Å². The fourth-order valence-electron chi connectivity index (χ4n) is 1.48. The van der Waals surface area contributed by atoms with Gasteiger partial charge in [0.25, 0.3) is 0 Å². The van der Waals surface area contributed by atoms with Crippen LogP contribution in [0.3, 0.4) is 0 Å². The lowest BCUT2D eigenvalue weighted by Crippen LogP contribution is -2.19. The summed E-state index contributed by atoms with van der Waals surface area (Å²) < 4.78 is 0. The van der Waals surface area contributed by atoms with E-state index in [1.54, 1.807) is 0 Å². The summed E-state index contributed by atoms with van der Waals surface area (Å²) in [5.74, 6) is 0.919. The molecule has 0 saturated heterocycles. The minimum atomic E-state index is 0.0801. The highest BCUT2D eigenvalue weighted by Crippen LogP contribution is 2.20. The zero-order chi connectivity index (χ0) is 12.3. The standard InChI is InChI=1S/C13H23N3/c1-9(14)6-7-12-15-10(2)8-11(16-12)13(3,4)5/h8-9H,6-7,14H2,1-5H3. The van der Waals surface area contributed by atoms with Crippen molar-refractivity contribution in [2.24, 2.45) is 5.73 Å². The minimum absolute atomic E-state index is 0.0801. The topological polar surface area (TPSA) is 51.8 Å². The summed E-state index contributed by atoms with van der Waals surface area (Å²) in [7, 11) is 0. The average Bonchev–Trinajstić information content (AvgIpc) is 2.12. The molecule has 1 heterocycles. The Labute approximate surface area is 98.5 Å². The first-order chi connectivity index (χ1) is 7.29. The van der Waals surface area contributed by atoms with Gasteiger partial charge in [0, 0.05) is 29.3 Å². The van der Waals surface area contributed by atoms with Gasteiger partial charge in [0.1, 0.15) is 5.82 Å². The lowest BCUT2D eigenvalue weighted by atomic mass is 9.91. The molecule has 90 valence electrons. The van der Waals surface area contributed by atoms with Gasteiger partial charge < -0.3 is 5.73 Å². The first-order valence-corrected chi connectivity index (χ1v) is 5.89. The van der Waals surface area contributed by atoms with Crippen molar-refractivity contribution in [3.63, 3.8) is 0 Å². The Morgan fingerprint density at radius 2 is 1.94 bits per heavy atom. The van der Waals surface area contributed by atoms with Gasteiger partial charge >= 0.3 is 0 Å². The molecule has 0 aliphatic carbocycles. The van der Waals surface area contributed by atoms with E-state index in [-0.39, 0.29) is 11.5 Å². The highest BCUT2D eigenvalue weighted by molar-refractivity contribution is 5.17. The second-order valence-electron chi connectivity index (χ2n) is 5.58. The van der Waals surface area contributed by atoms with Crippen molar-refractivity contribution in [2.75, 3.05) is 0 Å². The Morgan fingerprint density at radius 1 is 1.31 bits per heavy atom. The SMILES string of the molecule is Cc1cc(C(C)(C)C)nc(CCC(C)N)n1. The summed E-state index contributed by atoms with van der Waals surface area (Å²) in [4.78, 5) is 9.06. The molecule has 0 aliphatic heterocycles. The van der Waals surface area contributed by atoms with Crippen LogP contribution in [0.25, 0.3) is 0 Å². The summed E-state index contributed by atoms with van der Waals surface area (Å²) in [5, 5.41) is 0. The summed E-state index contributed by atoms with van der Waals surface area (Å²) in [6, 6.07) is 2.28. The van der Waals surface area contributed by atoms with Crippen molar-refractivity contribution >= 4 is 0 Å². The molecule has 0 radical (unpaired) electrons. The normalized spacial score (nSPS) is 13.9. The van der Waals surface area contributed by atoms with Crippen molar-refractivity contribution in [1.82, 2.24) is 9.97 Å². The molecule has 1 atom stereocenters. The molecular formula is C13H23N3. The Kier molecular flexibility index (Phi) is 4.03. The molecule has 16 heavy (non-hydrogen) atoms. The molecule has 3 heteroatoms. The number of nitrogens with two attached hydrogens (primary N) is 1. The molecule has 0 aromatic carbocycles. The van der Waals surface area contributed by atoms with E-state index >= 15 is 0 Å². The Bertz CT molecular complexity index is 351. The van der Waals surface area contributed by atoms with Crippen LogP contribution in [-0.2, 0) is 11.8 Å². The molecule has 3 nitrogen and oxygen atoms in total. The lowest BCUT2D eigenvalue weighted by molar-refractivity contribution is 0.555. The second-order valence-corrected chi connectivity index (χ2v) is 5.58. The van der Waals surface area contributed by atoms with Gasteiger partial charge in [-0.1, -0.05) is 20.8 Å². The van der Waals surface area contributed by atoms with Gasteiger partial charge in [-0.2, -0.15) is 0 Å². The van der Waals surface area contributed by atoms with Gasteiger partial charge in [-0.3, -0.25) is 0 Å². The number of hydrogen-bond donors (Lipinski definition) is 1. The smallest absolute Gasteiger partial charge is 0.128 e. The van der Waals surface area contributed by atoms with E-state index in [1.165, 1.54) is 0 Å². The van der Waals surface area contributed by atoms with Crippen LogP contribution < -0.4 is 5.73 Å². The molecule has 1 rings (SSSR count).